The van der Waals surface area contributed by atoms with Crippen molar-refractivity contribution in [1.82, 2.24) is 15.0 Å². The molecule has 0 radical (unpaired) electrons. The van der Waals surface area contributed by atoms with Gasteiger partial charge in [-0.15, -0.1) is 0 Å². The Morgan fingerprint density at radius 2 is 2.16 bits per heavy atom. The summed E-state index contributed by atoms with van der Waals surface area (Å²) in [6, 6.07) is 5.69. The zero-order valence-corrected chi connectivity index (χ0v) is 10.8. The third-order valence-electron chi connectivity index (χ3n) is 2.44. The first-order valence-corrected chi connectivity index (χ1v) is 6.21. The minimum atomic E-state index is 0.0387. The topological polar surface area (TPSA) is 83.0 Å². The molecule has 2 rings (SSSR count). The molecule has 0 saturated carbocycles. The van der Waals surface area contributed by atoms with Gasteiger partial charge in [0.15, 0.2) is 0 Å². The summed E-state index contributed by atoms with van der Waals surface area (Å²) in [5.41, 5.74) is 1.72. The first-order chi connectivity index (χ1) is 9.33. The van der Waals surface area contributed by atoms with E-state index in [4.69, 9.17) is 5.11 Å². The van der Waals surface area contributed by atoms with Gasteiger partial charge in [0.05, 0.1) is 12.3 Å². The lowest BCUT2D eigenvalue weighted by atomic mass is 10.2. The Morgan fingerprint density at radius 1 is 1.26 bits per heavy atom. The Bertz CT molecular complexity index is 518. The smallest absolute Gasteiger partial charge is 0.225 e. The molecule has 0 aromatic carbocycles. The average Bonchev–Trinajstić information content (AvgIpc) is 2.46. The van der Waals surface area contributed by atoms with E-state index in [0.717, 1.165) is 23.6 Å². The standard InChI is InChI=1S/C13H17N5O/c1-2-15-12-8-11(10-4-3-5-14-9-10)17-13(18-12)16-6-7-19/h3-5,8-9,19H,2,6-7H2,1H3,(H2,15,16,17,18). The molecule has 0 aliphatic rings. The van der Waals surface area contributed by atoms with Gasteiger partial charge in [-0.05, 0) is 19.1 Å². The van der Waals surface area contributed by atoms with E-state index in [2.05, 4.69) is 25.6 Å². The van der Waals surface area contributed by atoms with Crippen molar-refractivity contribution in [3.63, 3.8) is 0 Å². The van der Waals surface area contributed by atoms with Crippen LogP contribution in [0.25, 0.3) is 11.3 Å². The van der Waals surface area contributed by atoms with Crippen molar-refractivity contribution >= 4 is 11.8 Å². The molecule has 6 heteroatoms. The lowest BCUT2D eigenvalue weighted by molar-refractivity contribution is 0.311. The molecular weight excluding hydrogens is 242 g/mol. The molecule has 0 fully saturated rings. The number of anilines is 2. The van der Waals surface area contributed by atoms with E-state index in [0.29, 0.717) is 12.5 Å². The summed E-state index contributed by atoms with van der Waals surface area (Å²) in [4.78, 5) is 12.8. The molecule has 2 aromatic heterocycles. The molecule has 100 valence electrons. The molecule has 2 aromatic rings. The van der Waals surface area contributed by atoms with Gasteiger partial charge in [-0.2, -0.15) is 4.98 Å². The summed E-state index contributed by atoms with van der Waals surface area (Å²) in [7, 11) is 0. The van der Waals surface area contributed by atoms with Crippen molar-refractivity contribution in [2.75, 3.05) is 30.3 Å². The van der Waals surface area contributed by atoms with E-state index in [1.54, 1.807) is 12.4 Å². The van der Waals surface area contributed by atoms with Crippen LogP contribution in [-0.2, 0) is 0 Å². The summed E-state index contributed by atoms with van der Waals surface area (Å²) < 4.78 is 0. The molecule has 0 amide bonds. The second-order valence-corrected chi connectivity index (χ2v) is 3.88. The van der Waals surface area contributed by atoms with E-state index >= 15 is 0 Å². The zero-order valence-electron chi connectivity index (χ0n) is 10.8. The van der Waals surface area contributed by atoms with Crippen LogP contribution in [0, 0.1) is 0 Å². The van der Waals surface area contributed by atoms with Crippen LogP contribution in [0.1, 0.15) is 6.92 Å². The number of pyridine rings is 1. The summed E-state index contributed by atoms with van der Waals surface area (Å²) >= 11 is 0. The van der Waals surface area contributed by atoms with Crippen molar-refractivity contribution in [2.45, 2.75) is 6.92 Å². The fourth-order valence-corrected chi connectivity index (χ4v) is 1.63. The highest BCUT2D eigenvalue weighted by Gasteiger charge is 2.06. The Labute approximate surface area is 112 Å². The molecule has 0 saturated heterocycles. The molecular formula is C13H17N5O. The molecule has 2 heterocycles. The fraction of sp³-hybridized carbons (Fsp3) is 0.308. The first-order valence-electron chi connectivity index (χ1n) is 6.21. The van der Waals surface area contributed by atoms with Crippen molar-refractivity contribution in [2.24, 2.45) is 0 Å². The van der Waals surface area contributed by atoms with Crippen LogP contribution < -0.4 is 10.6 Å². The molecule has 0 unspecified atom stereocenters. The van der Waals surface area contributed by atoms with Crippen LogP contribution >= 0.6 is 0 Å². The maximum Gasteiger partial charge on any atom is 0.225 e. The summed E-state index contributed by atoms with van der Waals surface area (Å²) in [6.07, 6.45) is 3.48. The van der Waals surface area contributed by atoms with E-state index in [-0.39, 0.29) is 6.61 Å². The predicted octanol–water partition coefficient (Wildman–Crippen LogP) is 1.37. The Hall–Kier alpha value is -2.21. The molecule has 3 N–H and O–H groups in total. The minimum Gasteiger partial charge on any atom is -0.395 e. The third kappa shape index (κ3) is 3.62. The predicted molar refractivity (Wildman–Crippen MR) is 75.0 cm³/mol. The quantitative estimate of drug-likeness (QED) is 0.727. The van der Waals surface area contributed by atoms with Gasteiger partial charge < -0.3 is 15.7 Å². The van der Waals surface area contributed by atoms with Crippen LogP contribution in [0.4, 0.5) is 11.8 Å². The van der Waals surface area contributed by atoms with Crippen molar-refractivity contribution < 1.29 is 5.11 Å². The van der Waals surface area contributed by atoms with Crippen LogP contribution in [0.2, 0.25) is 0 Å². The van der Waals surface area contributed by atoms with Crippen LogP contribution in [0.3, 0.4) is 0 Å². The Balaban J connectivity index is 2.33. The maximum absolute atomic E-state index is 8.84. The van der Waals surface area contributed by atoms with Gasteiger partial charge >= 0.3 is 0 Å². The van der Waals surface area contributed by atoms with Crippen molar-refractivity contribution in [3.8, 4) is 11.3 Å². The van der Waals surface area contributed by atoms with Crippen molar-refractivity contribution in [1.29, 1.82) is 0 Å². The number of hydrogen-bond donors (Lipinski definition) is 3. The van der Waals surface area contributed by atoms with Gasteiger partial charge in [-0.1, -0.05) is 0 Å². The van der Waals surface area contributed by atoms with Gasteiger partial charge in [-0.3, -0.25) is 4.98 Å². The highest BCUT2D eigenvalue weighted by atomic mass is 16.3. The monoisotopic (exact) mass is 259 g/mol. The summed E-state index contributed by atoms with van der Waals surface area (Å²) in [5.74, 6) is 1.24. The summed E-state index contributed by atoms with van der Waals surface area (Å²) in [6.45, 7) is 3.24. The first kappa shape index (κ1) is 13.2. The normalized spacial score (nSPS) is 10.2. The fourth-order valence-electron chi connectivity index (χ4n) is 1.63. The third-order valence-corrected chi connectivity index (χ3v) is 2.44. The molecule has 0 atom stereocenters. The highest BCUT2D eigenvalue weighted by molar-refractivity contribution is 5.63. The molecule has 0 aliphatic carbocycles. The number of rotatable bonds is 6. The molecule has 0 aliphatic heterocycles. The molecule has 6 nitrogen and oxygen atoms in total. The van der Waals surface area contributed by atoms with Crippen LogP contribution in [-0.4, -0.2) is 39.8 Å². The van der Waals surface area contributed by atoms with Gasteiger partial charge in [-0.25, -0.2) is 4.98 Å². The second-order valence-electron chi connectivity index (χ2n) is 3.88. The van der Waals surface area contributed by atoms with Crippen LogP contribution in [0.15, 0.2) is 30.6 Å². The lowest BCUT2D eigenvalue weighted by Gasteiger charge is -2.09. The van der Waals surface area contributed by atoms with E-state index < -0.39 is 0 Å². The van der Waals surface area contributed by atoms with E-state index in [9.17, 15) is 0 Å². The number of aliphatic hydroxyl groups excluding tert-OH is 1. The minimum absolute atomic E-state index is 0.0387. The van der Waals surface area contributed by atoms with Gasteiger partial charge in [0.1, 0.15) is 5.82 Å². The largest absolute Gasteiger partial charge is 0.395 e. The average molecular weight is 259 g/mol. The lowest BCUT2D eigenvalue weighted by Crippen LogP contribution is -2.10. The Morgan fingerprint density at radius 3 is 2.84 bits per heavy atom. The number of aromatic nitrogens is 3. The maximum atomic E-state index is 8.84. The zero-order chi connectivity index (χ0) is 13.5. The van der Waals surface area contributed by atoms with Gasteiger partial charge in [0.25, 0.3) is 0 Å². The molecule has 0 bridgehead atoms. The summed E-state index contributed by atoms with van der Waals surface area (Å²) in [5, 5.41) is 15.0. The number of nitrogens with zero attached hydrogens (tertiary/aromatic N) is 3. The van der Waals surface area contributed by atoms with E-state index in [1.165, 1.54) is 0 Å². The molecule has 0 spiro atoms. The SMILES string of the molecule is CCNc1cc(-c2cccnc2)nc(NCCO)n1. The van der Waals surface area contributed by atoms with Crippen LogP contribution in [0.5, 0.6) is 0 Å². The number of nitrogens with one attached hydrogen (secondary N) is 2. The van der Waals surface area contributed by atoms with Crippen molar-refractivity contribution in [3.05, 3.63) is 30.6 Å². The van der Waals surface area contributed by atoms with Gasteiger partial charge in [0, 0.05) is 37.1 Å². The Kier molecular flexibility index (Phi) is 4.63. The van der Waals surface area contributed by atoms with Gasteiger partial charge in [0.2, 0.25) is 5.95 Å². The number of aliphatic hydroxyl groups is 1. The number of hydrogen-bond acceptors (Lipinski definition) is 6. The van der Waals surface area contributed by atoms with E-state index in [1.807, 2.05) is 25.1 Å². The highest BCUT2D eigenvalue weighted by Crippen LogP contribution is 2.20. The molecule has 19 heavy (non-hydrogen) atoms. The second kappa shape index (κ2) is 6.65.